The number of benzene rings is 1. The zero-order chi connectivity index (χ0) is 17.8. The second-order valence-corrected chi connectivity index (χ2v) is 5.25. The molecule has 0 amide bonds. The van der Waals surface area contributed by atoms with Crippen LogP contribution in [-0.4, -0.2) is 48.1 Å². The summed E-state index contributed by atoms with van der Waals surface area (Å²) >= 11 is 0. The van der Waals surface area contributed by atoms with Crippen molar-refractivity contribution in [2.75, 3.05) is 13.7 Å². The van der Waals surface area contributed by atoms with Crippen molar-refractivity contribution in [3.05, 3.63) is 46.3 Å². The van der Waals surface area contributed by atoms with E-state index in [4.69, 9.17) is 10.3 Å². The molecule has 0 aromatic heterocycles. The second-order valence-electron chi connectivity index (χ2n) is 5.25. The van der Waals surface area contributed by atoms with Crippen LogP contribution in [0.2, 0.25) is 0 Å². The predicted molar refractivity (Wildman–Crippen MR) is 86.9 cm³/mol. The lowest BCUT2D eigenvalue weighted by molar-refractivity contribution is -0.141. The Morgan fingerprint density at radius 3 is 2.67 bits per heavy atom. The number of aliphatic hydroxyl groups is 2. The number of rotatable bonds is 11. The van der Waals surface area contributed by atoms with E-state index in [2.05, 4.69) is 14.8 Å². The summed E-state index contributed by atoms with van der Waals surface area (Å²) in [6.07, 6.45) is -1.03. The minimum Gasteiger partial charge on any atom is -0.469 e. The number of carbonyl (C=O) groups is 1. The van der Waals surface area contributed by atoms with Gasteiger partial charge in [-0.3, -0.25) is 4.79 Å². The van der Waals surface area contributed by atoms with Gasteiger partial charge in [-0.15, -0.1) is 0 Å². The van der Waals surface area contributed by atoms with E-state index < -0.39 is 24.9 Å². The van der Waals surface area contributed by atoms with Crippen LogP contribution in [0.1, 0.15) is 24.8 Å². The lowest BCUT2D eigenvalue weighted by Crippen LogP contribution is -2.40. The van der Waals surface area contributed by atoms with Crippen molar-refractivity contribution in [3.8, 4) is 0 Å². The first-order valence-electron chi connectivity index (χ1n) is 7.67. The first kappa shape index (κ1) is 19.9. The van der Waals surface area contributed by atoms with Gasteiger partial charge in [0.15, 0.2) is 0 Å². The highest BCUT2D eigenvalue weighted by atomic mass is 16.5. The molecule has 8 nitrogen and oxygen atoms in total. The fourth-order valence-electron chi connectivity index (χ4n) is 2.24. The van der Waals surface area contributed by atoms with Gasteiger partial charge in [-0.05, 0) is 23.9 Å². The number of azide groups is 1. The Hall–Kier alpha value is -2.12. The molecule has 0 fully saturated rings. The Morgan fingerprint density at radius 1 is 1.38 bits per heavy atom. The summed E-state index contributed by atoms with van der Waals surface area (Å²) in [6, 6.07) is 8.41. The number of aliphatic hydroxyl groups excluding tert-OH is 2. The monoisotopic (exact) mass is 337 g/mol. The van der Waals surface area contributed by atoms with Crippen molar-refractivity contribution in [1.82, 2.24) is 0 Å². The lowest BCUT2D eigenvalue weighted by Gasteiger charge is -2.27. The standard InChI is InChI=1S/C16H23N3O5/c1-23-15(22)9-5-8-14(21)16(13(10-20)18-19-17)24-11-12-6-3-2-4-7-12/h2-4,6-7,13-14,16,20-21H,5,8-11H2,1H3/t13?,14-,16+/m1/s1. The maximum absolute atomic E-state index is 11.1. The van der Waals surface area contributed by atoms with Crippen LogP contribution in [0.3, 0.4) is 0 Å². The highest BCUT2D eigenvalue weighted by Gasteiger charge is 2.28. The molecule has 0 aliphatic heterocycles. The molecule has 1 aromatic rings. The Bertz CT molecular complexity index is 534. The topological polar surface area (TPSA) is 125 Å². The summed E-state index contributed by atoms with van der Waals surface area (Å²) in [6.45, 7) is -0.241. The lowest BCUT2D eigenvalue weighted by atomic mass is 10.0. The number of ether oxygens (including phenoxy) is 2. The van der Waals surface area contributed by atoms with E-state index in [1.54, 1.807) is 0 Å². The summed E-state index contributed by atoms with van der Waals surface area (Å²) in [4.78, 5) is 13.8. The van der Waals surface area contributed by atoms with Crippen molar-refractivity contribution in [3.63, 3.8) is 0 Å². The first-order valence-corrected chi connectivity index (χ1v) is 7.67. The first-order chi connectivity index (χ1) is 11.6. The van der Waals surface area contributed by atoms with Crippen LogP contribution in [0.15, 0.2) is 35.4 Å². The van der Waals surface area contributed by atoms with E-state index in [-0.39, 0.29) is 25.4 Å². The molecule has 0 saturated carbocycles. The Labute approximate surface area is 140 Å². The summed E-state index contributed by atoms with van der Waals surface area (Å²) < 4.78 is 10.2. The third kappa shape index (κ3) is 6.97. The molecule has 0 aliphatic carbocycles. The molecule has 0 radical (unpaired) electrons. The summed E-state index contributed by atoms with van der Waals surface area (Å²) in [5.41, 5.74) is 9.50. The Morgan fingerprint density at radius 2 is 2.08 bits per heavy atom. The molecule has 1 unspecified atom stereocenters. The van der Waals surface area contributed by atoms with Crippen LogP contribution in [0, 0.1) is 0 Å². The van der Waals surface area contributed by atoms with Crippen LogP contribution < -0.4 is 0 Å². The summed E-state index contributed by atoms with van der Waals surface area (Å²) in [5, 5.41) is 23.2. The SMILES string of the molecule is COC(=O)CCC[C@@H](O)[C@@H](OCc1ccccc1)C(CO)N=[N+]=[N-]. The summed E-state index contributed by atoms with van der Waals surface area (Å²) in [5.74, 6) is -0.363. The average Bonchev–Trinajstić information content (AvgIpc) is 2.61. The molecule has 0 spiro atoms. The number of nitrogens with zero attached hydrogens (tertiary/aromatic N) is 3. The minimum atomic E-state index is -0.985. The van der Waals surface area contributed by atoms with Crippen molar-refractivity contribution < 1.29 is 24.5 Å². The van der Waals surface area contributed by atoms with Gasteiger partial charge in [0.05, 0.1) is 38.6 Å². The molecular weight excluding hydrogens is 314 g/mol. The van der Waals surface area contributed by atoms with Gasteiger partial charge in [0.2, 0.25) is 0 Å². The normalized spacial score (nSPS) is 14.3. The smallest absolute Gasteiger partial charge is 0.305 e. The van der Waals surface area contributed by atoms with E-state index in [0.717, 1.165) is 5.56 Å². The Kier molecular flexibility index (Phi) is 9.48. The quantitative estimate of drug-likeness (QED) is 0.276. The second kappa shape index (κ2) is 11.4. The summed E-state index contributed by atoms with van der Waals surface area (Å²) in [7, 11) is 1.30. The number of hydrogen-bond acceptors (Lipinski definition) is 6. The average molecular weight is 337 g/mol. The van der Waals surface area contributed by atoms with Crippen LogP contribution in [0.25, 0.3) is 10.4 Å². The van der Waals surface area contributed by atoms with Crippen LogP contribution in [-0.2, 0) is 20.9 Å². The van der Waals surface area contributed by atoms with Gasteiger partial charge in [0, 0.05) is 11.3 Å². The predicted octanol–water partition coefficient (Wildman–Crippen LogP) is 1.95. The van der Waals surface area contributed by atoms with Crippen molar-refractivity contribution >= 4 is 5.97 Å². The maximum atomic E-state index is 11.1. The van der Waals surface area contributed by atoms with Gasteiger partial charge in [0.1, 0.15) is 0 Å². The highest BCUT2D eigenvalue weighted by Crippen LogP contribution is 2.17. The van der Waals surface area contributed by atoms with Gasteiger partial charge in [-0.25, -0.2) is 0 Å². The third-order valence-corrected chi connectivity index (χ3v) is 3.54. The van der Waals surface area contributed by atoms with E-state index in [0.29, 0.717) is 6.42 Å². The molecule has 1 rings (SSSR count). The molecule has 0 heterocycles. The van der Waals surface area contributed by atoms with Crippen LogP contribution in [0.5, 0.6) is 0 Å². The molecule has 3 atom stereocenters. The molecular formula is C16H23N3O5. The van der Waals surface area contributed by atoms with Gasteiger partial charge in [-0.1, -0.05) is 35.4 Å². The van der Waals surface area contributed by atoms with E-state index >= 15 is 0 Å². The highest BCUT2D eigenvalue weighted by molar-refractivity contribution is 5.68. The molecule has 24 heavy (non-hydrogen) atoms. The maximum Gasteiger partial charge on any atom is 0.305 e. The minimum absolute atomic E-state index is 0.171. The van der Waals surface area contributed by atoms with E-state index in [1.807, 2.05) is 30.3 Å². The molecule has 0 aliphatic rings. The van der Waals surface area contributed by atoms with E-state index in [1.165, 1.54) is 7.11 Å². The molecule has 1 aromatic carbocycles. The molecule has 0 saturated heterocycles. The third-order valence-electron chi connectivity index (χ3n) is 3.54. The fourth-order valence-corrected chi connectivity index (χ4v) is 2.24. The van der Waals surface area contributed by atoms with Gasteiger partial charge in [-0.2, -0.15) is 0 Å². The van der Waals surface area contributed by atoms with Gasteiger partial charge in [0.25, 0.3) is 0 Å². The van der Waals surface area contributed by atoms with E-state index in [9.17, 15) is 15.0 Å². The Balaban J connectivity index is 2.68. The number of methoxy groups -OCH3 is 1. The number of carbonyl (C=O) groups excluding carboxylic acids is 1. The van der Waals surface area contributed by atoms with Gasteiger partial charge < -0.3 is 19.7 Å². The molecule has 0 bridgehead atoms. The zero-order valence-electron chi connectivity index (χ0n) is 13.6. The van der Waals surface area contributed by atoms with Crippen molar-refractivity contribution in [2.45, 2.75) is 44.1 Å². The molecule has 2 N–H and O–H groups in total. The number of esters is 1. The fraction of sp³-hybridized carbons (Fsp3) is 0.562. The molecule has 8 heteroatoms. The zero-order valence-corrected chi connectivity index (χ0v) is 13.6. The van der Waals surface area contributed by atoms with Crippen molar-refractivity contribution in [1.29, 1.82) is 0 Å². The largest absolute Gasteiger partial charge is 0.469 e. The van der Waals surface area contributed by atoms with Crippen LogP contribution >= 0.6 is 0 Å². The molecule has 132 valence electrons. The van der Waals surface area contributed by atoms with Crippen molar-refractivity contribution in [2.24, 2.45) is 5.11 Å². The van der Waals surface area contributed by atoms with Gasteiger partial charge >= 0.3 is 5.97 Å². The van der Waals surface area contributed by atoms with Crippen LogP contribution in [0.4, 0.5) is 0 Å². The number of hydrogen-bond donors (Lipinski definition) is 2.